The Morgan fingerprint density at radius 3 is 2.68 bits per heavy atom. The van der Waals surface area contributed by atoms with Crippen LogP contribution in [0.15, 0.2) is 18.2 Å². The van der Waals surface area contributed by atoms with Crippen molar-refractivity contribution in [2.75, 3.05) is 25.2 Å². The Balaban J connectivity index is 2.39. The van der Waals surface area contributed by atoms with Crippen molar-refractivity contribution in [2.24, 2.45) is 11.7 Å². The molecule has 1 aromatic rings. The van der Waals surface area contributed by atoms with Crippen LogP contribution in [0.3, 0.4) is 0 Å². The SMILES string of the molecule is CCOC(=O)c1cc(OC)ccc1N1CC(C(N)=O)CC1=O. The Kier molecular flexibility index (Phi) is 4.65. The van der Waals surface area contributed by atoms with E-state index in [0.29, 0.717) is 11.4 Å². The number of hydrogen-bond acceptors (Lipinski definition) is 5. The minimum absolute atomic E-state index is 0.0453. The van der Waals surface area contributed by atoms with E-state index < -0.39 is 17.8 Å². The average Bonchev–Trinajstić information content (AvgIpc) is 2.89. The Morgan fingerprint density at radius 1 is 1.41 bits per heavy atom. The van der Waals surface area contributed by atoms with Crippen LogP contribution in [0.5, 0.6) is 5.75 Å². The van der Waals surface area contributed by atoms with Crippen molar-refractivity contribution in [1.29, 1.82) is 0 Å². The Morgan fingerprint density at radius 2 is 2.14 bits per heavy atom. The van der Waals surface area contributed by atoms with Gasteiger partial charge in [-0.3, -0.25) is 9.59 Å². The standard InChI is InChI=1S/C15H18N2O5/c1-3-22-15(20)11-7-10(21-2)4-5-12(11)17-8-9(14(16)19)6-13(17)18/h4-5,7,9H,3,6,8H2,1-2H3,(H2,16,19). The van der Waals surface area contributed by atoms with Crippen molar-refractivity contribution in [3.8, 4) is 5.75 Å². The first-order chi connectivity index (χ1) is 10.5. The van der Waals surface area contributed by atoms with E-state index in [4.69, 9.17) is 15.2 Å². The van der Waals surface area contributed by atoms with Gasteiger partial charge >= 0.3 is 5.97 Å². The van der Waals surface area contributed by atoms with E-state index in [0.717, 1.165) is 0 Å². The number of carbonyl (C=O) groups is 3. The number of benzene rings is 1. The molecule has 1 unspecified atom stereocenters. The molecule has 2 amide bonds. The highest BCUT2D eigenvalue weighted by Crippen LogP contribution is 2.31. The van der Waals surface area contributed by atoms with Crippen LogP contribution < -0.4 is 15.4 Å². The number of anilines is 1. The zero-order valence-electron chi connectivity index (χ0n) is 12.5. The van der Waals surface area contributed by atoms with Crippen molar-refractivity contribution >= 4 is 23.5 Å². The number of methoxy groups -OCH3 is 1. The third-order valence-corrected chi connectivity index (χ3v) is 3.52. The van der Waals surface area contributed by atoms with E-state index in [-0.39, 0.29) is 31.0 Å². The monoisotopic (exact) mass is 306 g/mol. The summed E-state index contributed by atoms with van der Waals surface area (Å²) in [5, 5.41) is 0. The molecule has 0 saturated carbocycles. The van der Waals surface area contributed by atoms with Gasteiger partial charge in [0.15, 0.2) is 0 Å². The van der Waals surface area contributed by atoms with Gasteiger partial charge in [0.1, 0.15) is 5.75 Å². The predicted octanol–water partition coefficient (Wildman–Crippen LogP) is 0.710. The van der Waals surface area contributed by atoms with Crippen molar-refractivity contribution in [3.05, 3.63) is 23.8 Å². The number of amides is 2. The number of nitrogens with zero attached hydrogens (tertiary/aromatic N) is 1. The van der Waals surface area contributed by atoms with Gasteiger partial charge in [-0.1, -0.05) is 0 Å². The smallest absolute Gasteiger partial charge is 0.340 e. The highest BCUT2D eigenvalue weighted by atomic mass is 16.5. The fourth-order valence-electron chi connectivity index (χ4n) is 2.38. The molecule has 2 rings (SSSR count). The molecule has 1 aromatic carbocycles. The third kappa shape index (κ3) is 3.03. The molecule has 1 fully saturated rings. The summed E-state index contributed by atoms with van der Waals surface area (Å²) >= 11 is 0. The van der Waals surface area contributed by atoms with E-state index in [1.807, 2.05) is 0 Å². The maximum Gasteiger partial charge on any atom is 0.340 e. The quantitative estimate of drug-likeness (QED) is 0.808. The van der Waals surface area contributed by atoms with Gasteiger partial charge in [-0.25, -0.2) is 4.79 Å². The van der Waals surface area contributed by atoms with Gasteiger partial charge in [0.05, 0.1) is 30.9 Å². The second kappa shape index (κ2) is 6.46. The Bertz CT molecular complexity index is 614. The van der Waals surface area contributed by atoms with Crippen molar-refractivity contribution in [1.82, 2.24) is 0 Å². The second-order valence-corrected chi connectivity index (χ2v) is 4.91. The summed E-state index contributed by atoms with van der Waals surface area (Å²) in [6, 6.07) is 4.76. The topological polar surface area (TPSA) is 98.9 Å². The molecule has 1 aliphatic heterocycles. The number of primary amides is 1. The summed E-state index contributed by atoms with van der Waals surface area (Å²) in [5.41, 5.74) is 5.88. The summed E-state index contributed by atoms with van der Waals surface area (Å²) in [4.78, 5) is 36.9. The van der Waals surface area contributed by atoms with Crippen LogP contribution in [0, 0.1) is 5.92 Å². The molecule has 0 bridgehead atoms. The molecule has 0 aromatic heterocycles. The molecule has 7 nitrogen and oxygen atoms in total. The van der Waals surface area contributed by atoms with Crippen LogP contribution in [0.25, 0.3) is 0 Å². The highest BCUT2D eigenvalue weighted by molar-refractivity contribution is 6.05. The second-order valence-electron chi connectivity index (χ2n) is 4.91. The van der Waals surface area contributed by atoms with E-state index in [1.54, 1.807) is 19.1 Å². The molecule has 1 saturated heterocycles. The zero-order chi connectivity index (χ0) is 16.3. The molecule has 22 heavy (non-hydrogen) atoms. The third-order valence-electron chi connectivity index (χ3n) is 3.52. The fraction of sp³-hybridized carbons (Fsp3) is 0.400. The Labute approximate surface area is 128 Å². The lowest BCUT2D eigenvalue weighted by Crippen LogP contribution is -2.29. The Hall–Kier alpha value is -2.57. The van der Waals surface area contributed by atoms with Crippen LogP contribution in [0.1, 0.15) is 23.7 Å². The number of esters is 1. The number of ether oxygens (including phenoxy) is 2. The van der Waals surface area contributed by atoms with Crippen LogP contribution in [0.4, 0.5) is 5.69 Å². The van der Waals surface area contributed by atoms with Gasteiger partial charge in [0.2, 0.25) is 11.8 Å². The summed E-state index contributed by atoms with van der Waals surface area (Å²) in [6.07, 6.45) is 0.0453. The van der Waals surface area contributed by atoms with Crippen molar-refractivity contribution < 1.29 is 23.9 Å². The molecule has 0 aliphatic carbocycles. The molecule has 1 heterocycles. The lowest BCUT2D eigenvalue weighted by molar-refractivity contribution is -0.123. The fourth-order valence-corrected chi connectivity index (χ4v) is 2.38. The van der Waals surface area contributed by atoms with Gasteiger partial charge < -0.3 is 20.1 Å². The summed E-state index contributed by atoms with van der Waals surface area (Å²) in [5.74, 6) is -1.40. The van der Waals surface area contributed by atoms with Crippen LogP contribution in [0.2, 0.25) is 0 Å². The molecular weight excluding hydrogens is 288 g/mol. The van der Waals surface area contributed by atoms with Crippen molar-refractivity contribution in [3.63, 3.8) is 0 Å². The van der Waals surface area contributed by atoms with E-state index >= 15 is 0 Å². The van der Waals surface area contributed by atoms with Crippen LogP contribution in [-0.4, -0.2) is 38.0 Å². The minimum atomic E-state index is -0.551. The molecule has 118 valence electrons. The van der Waals surface area contributed by atoms with E-state index in [9.17, 15) is 14.4 Å². The molecule has 0 spiro atoms. The first-order valence-electron chi connectivity index (χ1n) is 6.92. The summed E-state index contributed by atoms with van der Waals surface area (Å²) in [7, 11) is 1.48. The molecular formula is C15H18N2O5. The van der Waals surface area contributed by atoms with Gasteiger partial charge in [-0.2, -0.15) is 0 Å². The molecule has 2 N–H and O–H groups in total. The minimum Gasteiger partial charge on any atom is -0.497 e. The predicted molar refractivity (Wildman–Crippen MR) is 78.6 cm³/mol. The lowest BCUT2D eigenvalue weighted by Gasteiger charge is -2.20. The number of rotatable bonds is 5. The number of hydrogen-bond donors (Lipinski definition) is 1. The van der Waals surface area contributed by atoms with Gasteiger partial charge in [-0.15, -0.1) is 0 Å². The summed E-state index contributed by atoms with van der Waals surface area (Å²) in [6.45, 7) is 2.07. The normalized spacial score (nSPS) is 17.5. The average molecular weight is 306 g/mol. The largest absolute Gasteiger partial charge is 0.497 e. The van der Waals surface area contributed by atoms with Gasteiger partial charge in [0, 0.05) is 13.0 Å². The molecule has 0 radical (unpaired) electrons. The van der Waals surface area contributed by atoms with E-state index in [1.165, 1.54) is 18.1 Å². The molecule has 1 aliphatic rings. The van der Waals surface area contributed by atoms with Gasteiger partial charge in [0.25, 0.3) is 0 Å². The first-order valence-corrected chi connectivity index (χ1v) is 6.92. The van der Waals surface area contributed by atoms with E-state index in [2.05, 4.69) is 0 Å². The van der Waals surface area contributed by atoms with Crippen LogP contribution in [-0.2, 0) is 14.3 Å². The van der Waals surface area contributed by atoms with Crippen molar-refractivity contribution in [2.45, 2.75) is 13.3 Å². The van der Waals surface area contributed by atoms with Crippen LogP contribution >= 0.6 is 0 Å². The lowest BCUT2D eigenvalue weighted by atomic mass is 10.1. The molecule has 7 heteroatoms. The number of nitrogens with two attached hydrogens (primary N) is 1. The maximum atomic E-state index is 12.1. The first kappa shape index (κ1) is 15.8. The highest BCUT2D eigenvalue weighted by Gasteiger charge is 2.35. The van der Waals surface area contributed by atoms with Gasteiger partial charge in [-0.05, 0) is 25.1 Å². The maximum absolute atomic E-state index is 12.1. The number of carbonyl (C=O) groups excluding carboxylic acids is 3. The zero-order valence-corrected chi connectivity index (χ0v) is 12.5. The summed E-state index contributed by atoms with van der Waals surface area (Å²) < 4.78 is 10.1. The molecule has 1 atom stereocenters.